The summed E-state index contributed by atoms with van der Waals surface area (Å²) >= 11 is 0. The van der Waals surface area contributed by atoms with Crippen molar-refractivity contribution in [3.05, 3.63) is 59.7 Å². The number of nitrogens with one attached hydrogen (secondary N) is 2. The highest BCUT2D eigenvalue weighted by atomic mass is 16.5. The summed E-state index contributed by atoms with van der Waals surface area (Å²) in [6.45, 7) is 0.400. The Labute approximate surface area is 198 Å². The van der Waals surface area contributed by atoms with Crippen LogP contribution in [0.25, 0.3) is 11.1 Å². The second kappa shape index (κ2) is 10.7. The number of alkyl carbamates (subject to hydrolysis) is 1. The molecular weight excluding hydrogens is 436 g/mol. The predicted octanol–water partition coefficient (Wildman–Crippen LogP) is 3.30. The molecule has 8 heteroatoms. The fourth-order valence-electron chi connectivity index (χ4n) is 5.00. The zero-order valence-electron chi connectivity index (χ0n) is 19.2. The van der Waals surface area contributed by atoms with Crippen LogP contribution in [-0.2, 0) is 19.1 Å². The van der Waals surface area contributed by atoms with Crippen molar-refractivity contribution in [2.75, 3.05) is 20.3 Å². The number of carbonyl (C=O) groups excluding carboxylic acids is 2. The van der Waals surface area contributed by atoms with Gasteiger partial charge < -0.3 is 25.2 Å². The second-order valence-corrected chi connectivity index (χ2v) is 8.79. The van der Waals surface area contributed by atoms with E-state index in [9.17, 15) is 19.5 Å². The van der Waals surface area contributed by atoms with E-state index in [1.165, 1.54) is 7.11 Å². The van der Waals surface area contributed by atoms with Gasteiger partial charge >= 0.3 is 12.1 Å². The van der Waals surface area contributed by atoms with E-state index in [0.29, 0.717) is 12.8 Å². The normalized spacial score (nSPS) is 19.7. The van der Waals surface area contributed by atoms with Gasteiger partial charge in [0.1, 0.15) is 12.6 Å². The van der Waals surface area contributed by atoms with Gasteiger partial charge in [0.05, 0.1) is 5.92 Å². The maximum atomic E-state index is 12.9. The Kier molecular flexibility index (Phi) is 7.47. The average Bonchev–Trinajstić information content (AvgIpc) is 3.43. The van der Waals surface area contributed by atoms with Crippen molar-refractivity contribution in [3.8, 4) is 11.1 Å². The van der Waals surface area contributed by atoms with E-state index in [0.717, 1.165) is 28.7 Å². The van der Waals surface area contributed by atoms with Crippen molar-refractivity contribution in [2.45, 2.75) is 43.7 Å². The van der Waals surface area contributed by atoms with E-state index in [2.05, 4.69) is 22.8 Å². The smallest absolute Gasteiger partial charge is 0.407 e. The summed E-state index contributed by atoms with van der Waals surface area (Å²) < 4.78 is 10.7. The van der Waals surface area contributed by atoms with Gasteiger partial charge in [0, 0.05) is 32.1 Å². The summed E-state index contributed by atoms with van der Waals surface area (Å²) in [5.74, 6) is -2.04. The number of hydrogen-bond acceptors (Lipinski definition) is 5. The average molecular weight is 467 g/mol. The molecule has 2 aromatic rings. The van der Waals surface area contributed by atoms with Gasteiger partial charge in [0.15, 0.2) is 0 Å². The monoisotopic (exact) mass is 466 g/mol. The molecule has 3 atom stereocenters. The highest BCUT2D eigenvalue weighted by Gasteiger charge is 2.36. The zero-order chi connectivity index (χ0) is 24.1. The van der Waals surface area contributed by atoms with Gasteiger partial charge in [-0.15, -0.1) is 0 Å². The van der Waals surface area contributed by atoms with Gasteiger partial charge in [-0.1, -0.05) is 55.0 Å². The third-order valence-electron chi connectivity index (χ3n) is 6.72. The summed E-state index contributed by atoms with van der Waals surface area (Å²) in [6.07, 6.45) is 1.42. The Bertz CT molecular complexity index is 1010. The number of benzene rings is 2. The minimum absolute atomic E-state index is 0.0841. The number of amides is 2. The lowest BCUT2D eigenvalue weighted by atomic mass is 9.98. The van der Waals surface area contributed by atoms with Crippen molar-refractivity contribution in [1.29, 1.82) is 0 Å². The van der Waals surface area contributed by atoms with E-state index in [1.54, 1.807) is 0 Å². The molecule has 34 heavy (non-hydrogen) atoms. The molecule has 3 N–H and O–H groups in total. The van der Waals surface area contributed by atoms with Crippen LogP contribution in [0, 0.1) is 5.92 Å². The Balaban J connectivity index is 1.39. The molecule has 0 radical (unpaired) electrons. The Morgan fingerprint density at radius 3 is 2.29 bits per heavy atom. The molecule has 2 aliphatic rings. The third-order valence-corrected chi connectivity index (χ3v) is 6.72. The lowest BCUT2D eigenvalue weighted by Crippen LogP contribution is -2.51. The van der Waals surface area contributed by atoms with Crippen LogP contribution in [0.3, 0.4) is 0 Å². The summed E-state index contributed by atoms with van der Waals surface area (Å²) in [5.41, 5.74) is 4.47. The van der Waals surface area contributed by atoms with Crippen LogP contribution in [-0.4, -0.2) is 55.5 Å². The SMILES string of the molecule is COCCC(NC(=O)OCC1c2ccccc2-c2ccccc21)C(=O)N[C@H]1CCC[C@H]1C(=O)O. The number of methoxy groups -OCH3 is 1. The van der Waals surface area contributed by atoms with Crippen molar-refractivity contribution >= 4 is 18.0 Å². The summed E-state index contributed by atoms with van der Waals surface area (Å²) in [4.78, 5) is 37.0. The van der Waals surface area contributed by atoms with E-state index < -0.39 is 36.0 Å². The number of aliphatic carboxylic acids is 1. The van der Waals surface area contributed by atoms with Gasteiger partial charge in [-0.2, -0.15) is 0 Å². The molecule has 0 aromatic heterocycles. The molecule has 1 fully saturated rings. The van der Waals surface area contributed by atoms with Gasteiger partial charge in [0.25, 0.3) is 0 Å². The number of carboxylic acid groups (broad SMARTS) is 1. The fourth-order valence-corrected chi connectivity index (χ4v) is 5.00. The standard InChI is InChI=1S/C26H30N2O6/c1-33-14-13-23(24(29)27-22-12-6-11-20(22)25(30)31)28-26(32)34-15-21-18-9-4-2-7-16(18)17-8-3-5-10-19(17)21/h2-5,7-10,20-23H,6,11-15H2,1H3,(H,27,29)(H,28,32)(H,30,31)/t20-,22+,23?/m1/s1. The molecule has 0 bridgehead atoms. The van der Waals surface area contributed by atoms with Crippen LogP contribution in [0.4, 0.5) is 4.79 Å². The first kappa shape index (κ1) is 23.8. The van der Waals surface area contributed by atoms with E-state index >= 15 is 0 Å². The predicted molar refractivity (Wildman–Crippen MR) is 125 cm³/mol. The van der Waals surface area contributed by atoms with Crippen LogP contribution >= 0.6 is 0 Å². The quantitative estimate of drug-likeness (QED) is 0.523. The number of rotatable bonds is 9. The topological polar surface area (TPSA) is 114 Å². The van der Waals surface area contributed by atoms with Crippen LogP contribution < -0.4 is 10.6 Å². The molecule has 2 aliphatic carbocycles. The lowest BCUT2D eigenvalue weighted by molar-refractivity contribution is -0.142. The number of hydrogen-bond donors (Lipinski definition) is 3. The minimum atomic E-state index is -0.916. The molecule has 4 rings (SSSR count). The van der Waals surface area contributed by atoms with Crippen molar-refractivity contribution in [3.63, 3.8) is 0 Å². The van der Waals surface area contributed by atoms with Crippen molar-refractivity contribution < 1.29 is 29.0 Å². The molecule has 0 aliphatic heterocycles. The molecule has 8 nitrogen and oxygen atoms in total. The maximum Gasteiger partial charge on any atom is 0.407 e. The van der Waals surface area contributed by atoms with Gasteiger partial charge in [0.2, 0.25) is 5.91 Å². The molecule has 2 amide bonds. The van der Waals surface area contributed by atoms with Crippen LogP contribution in [0.1, 0.15) is 42.7 Å². The van der Waals surface area contributed by atoms with Gasteiger partial charge in [-0.05, 0) is 35.1 Å². The van der Waals surface area contributed by atoms with E-state index in [1.807, 2.05) is 36.4 Å². The van der Waals surface area contributed by atoms with E-state index in [-0.39, 0.29) is 25.6 Å². The minimum Gasteiger partial charge on any atom is -0.481 e. The van der Waals surface area contributed by atoms with Crippen LogP contribution in [0.5, 0.6) is 0 Å². The van der Waals surface area contributed by atoms with E-state index in [4.69, 9.17) is 9.47 Å². The van der Waals surface area contributed by atoms with Gasteiger partial charge in [-0.25, -0.2) is 4.79 Å². The third kappa shape index (κ3) is 5.07. The number of carbonyl (C=O) groups is 3. The molecular formula is C26H30N2O6. The first-order chi connectivity index (χ1) is 16.5. The number of fused-ring (bicyclic) bond motifs is 3. The zero-order valence-corrected chi connectivity index (χ0v) is 19.2. The largest absolute Gasteiger partial charge is 0.481 e. The first-order valence-corrected chi connectivity index (χ1v) is 11.6. The Morgan fingerprint density at radius 1 is 1.03 bits per heavy atom. The lowest BCUT2D eigenvalue weighted by Gasteiger charge is -2.23. The number of carboxylic acids is 1. The summed E-state index contributed by atoms with van der Waals surface area (Å²) in [5, 5.41) is 14.8. The van der Waals surface area contributed by atoms with Crippen LogP contribution in [0.2, 0.25) is 0 Å². The summed E-state index contributed by atoms with van der Waals surface area (Å²) in [7, 11) is 1.51. The summed E-state index contributed by atoms with van der Waals surface area (Å²) in [6, 6.07) is 14.8. The Hall–Kier alpha value is -3.39. The van der Waals surface area contributed by atoms with Gasteiger partial charge in [-0.3, -0.25) is 9.59 Å². The second-order valence-electron chi connectivity index (χ2n) is 8.79. The number of ether oxygens (including phenoxy) is 2. The molecule has 2 aromatic carbocycles. The highest BCUT2D eigenvalue weighted by molar-refractivity contribution is 5.86. The molecule has 180 valence electrons. The highest BCUT2D eigenvalue weighted by Crippen LogP contribution is 2.44. The van der Waals surface area contributed by atoms with Crippen molar-refractivity contribution in [2.24, 2.45) is 5.92 Å². The maximum absolute atomic E-state index is 12.9. The Morgan fingerprint density at radius 2 is 1.68 bits per heavy atom. The molecule has 1 unspecified atom stereocenters. The molecule has 0 heterocycles. The molecule has 1 saturated carbocycles. The molecule has 0 saturated heterocycles. The van der Waals surface area contributed by atoms with Crippen molar-refractivity contribution in [1.82, 2.24) is 10.6 Å². The first-order valence-electron chi connectivity index (χ1n) is 11.6. The van der Waals surface area contributed by atoms with Crippen LogP contribution in [0.15, 0.2) is 48.5 Å². The molecule has 0 spiro atoms. The fraction of sp³-hybridized carbons (Fsp3) is 0.423.